The van der Waals surface area contributed by atoms with Crippen molar-refractivity contribution in [2.45, 2.75) is 51.0 Å². The molecule has 2 N–H and O–H groups in total. The smallest absolute Gasteiger partial charge is 0.0540 e. The number of hydrogen-bond acceptors (Lipinski definition) is 3. The molecular formula is C16H26N2O. The van der Waals surface area contributed by atoms with Crippen molar-refractivity contribution in [1.29, 1.82) is 0 Å². The van der Waals surface area contributed by atoms with E-state index in [-0.39, 0.29) is 11.5 Å². The second kappa shape index (κ2) is 6.49. The third-order valence-corrected chi connectivity index (χ3v) is 4.26. The van der Waals surface area contributed by atoms with Gasteiger partial charge in [0.05, 0.1) is 6.10 Å². The van der Waals surface area contributed by atoms with Gasteiger partial charge < -0.3 is 10.4 Å². The molecule has 106 valence electrons. The number of hydrogen-bond donors (Lipinski definition) is 2. The van der Waals surface area contributed by atoms with Gasteiger partial charge in [0.15, 0.2) is 0 Å². The van der Waals surface area contributed by atoms with Gasteiger partial charge in [0.2, 0.25) is 0 Å². The van der Waals surface area contributed by atoms with Gasteiger partial charge in [-0.15, -0.1) is 0 Å². The van der Waals surface area contributed by atoms with Crippen molar-refractivity contribution in [1.82, 2.24) is 10.3 Å². The molecule has 0 unspecified atom stereocenters. The second-order valence-electron chi connectivity index (χ2n) is 6.43. The summed E-state index contributed by atoms with van der Waals surface area (Å²) >= 11 is 0. The van der Waals surface area contributed by atoms with Crippen LogP contribution in [0, 0.1) is 5.92 Å². The lowest BCUT2D eigenvalue weighted by molar-refractivity contribution is 0.108. The molecule has 1 fully saturated rings. The Morgan fingerprint density at radius 3 is 2.68 bits per heavy atom. The molecule has 1 aliphatic rings. The quantitative estimate of drug-likeness (QED) is 0.857. The minimum Gasteiger partial charge on any atom is -0.393 e. The number of aliphatic hydroxyl groups excluding tert-OH is 1. The fraction of sp³-hybridized carbons (Fsp3) is 0.688. The number of aliphatic hydroxyl groups is 1. The molecule has 0 saturated heterocycles. The lowest BCUT2D eigenvalue weighted by Crippen LogP contribution is -2.36. The molecule has 0 amide bonds. The Hall–Kier alpha value is -0.930. The first-order valence-corrected chi connectivity index (χ1v) is 7.37. The third-order valence-electron chi connectivity index (χ3n) is 4.26. The average Bonchev–Trinajstić information content (AvgIpc) is 2.42. The van der Waals surface area contributed by atoms with E-state index in [1.54, 1.807) is 0 Å². The Kier molecular flexibility index (Phi) is 4.94. The first kappa shape index (κ1) is 14.5. The molecule has 1 aliphatic carbocycles. The van der Waals surface area contributed by atoms with Crippen molar-refractivity contribution >= 4 is 0 Å². The van der Waals surface area contributed by atoms with Crippen molar-refractivity contribution in [2.24, 2.45) is 5.92 Å². The Balaban J connectivity index is 1.76. The molecule has 1 saturated carbocycles. The van der Waals surface area contributed by atoms with Crippen molar-refractivity contribution in [3.8, 4) is 0 Å². The van der Waals surface area contributed by atoms with Gasteiger partial charge in [-0.2, -0.15) is 0 Å². The topological polar surface area (TPSA) is 45.1 Å². The van der Waals surface area contributed by atoms with Crippen LogP contribution in [0.3, 0.4) is 0 Å². The van der Waals surface area contributed by atoms with Crippen molar-refractivity contribution in [3.63, 3.8) is 0 Å². The van der Waals surface area contributed by atoms with E-state index in [0.717, 1.165) is 44.7 Å². The van der Waals surface area contributed by atoms with Crippen LogP contribution in [0.2, 0.25) is 0 Å². The molecule has 0 atom stereocenters. The number of nitrogens with one attached hydrogen (secondary N) is 1. The summed E-state index contributed by atoms with van der Waals surface area (Å²) in [7, 11) is 0. The average molecular weight is 262 g/mol. The summed E-state index contributed by atoms with van der Waals surface area (Å²) in [6.45, 7) is 6.54. The summed E-state index contributed by atoms with van der Waals surface area (Å²) in [5.74, 6) is 0.730. The lowest BCUT2D eigenvalue weighted by Gasteiger charge is -2.29. The van der Waals surface area contributed by atoms with Crippen LogP contribution in [0.5, 0.6) is 0 Å². The third kappa shape index (κ3) is 4.29. The molecule has 19 heavy (non-hydrogen) atoms. The summed E-state index contributed by atoms with van der Waals surface area (Å²) < 4.78 is 0. The van der Waals surface area contributed by atoms with Gasteiger partial charge in [0, 0.05) is 24.4 Å². The van der Waals surface area contributed by atoms with Gasteiger partial charge in [0.25, 0.3) is 0 Å². The maximum Gasteiger partial charge on any atom is 0.0540 e. The SMILES string of the molecule is CC(C)(CNCC1CCC(O)CC1)c1cccnc1. The van der Waals surface area contributed by atoms with Crippen molar-refractivity contribution < 1.29 is 5.11 Å². The molecule has 3 heteroatoms. The zero-order valence-electron chi connectivity index (χ0n) is 12.1. The van der Waals surface area contributed by atoms with Crippen LogP contribution in [0.25, 0.3) is 0 Å². The normalized spacial score (nSPS) is 24.4. The Bertz CT molecular complexity index is 370. The van der Waals surface area contributed by atoms with Gasteiger partial charge in [0.1, 0.15) is 0 Å². The molecule has 0 bridgehead atoms. The highest BCUT2D eigenvalue weighted by Gasteiger charge is 2.22. The minimum atomic E-state index is -0.0527. The predicted octanol–water partition coefficient (Wildman–Crippen LogP) is 2.50. The highest BCUT2D eigenvalue weighted by atomic mass is 16.3. The van der Waals surface area contributed by atoms with E-state index in [1.807, 2.05) is 18.5 Å². The maximum absolute atomic E-state index is 9.50. The number of pyridine rings is 1. The molecule has 0 aromatic carbocycles. The van der Waals surface area contributed by atoms with Crippen LogP contribution >= 0.6 is 0 Å². The van der Waals surface area contributed by atoms with E-state index in [9.17, 15) is 5.11 Å². The van der Waals surface area contributed by atoms with E-state index >= 15 is 0 Å². The van der Waals surface area contributed by atoms with E-state index in [0.29, 0.717) is 0 Å². The zero-order valence-corrected chi connectivity index (χ0v) is 12.1. The predicted molar refractivity (Wildman–Crippen MR) is 78.1 cm³/mol. The zero-order chi connectivity index (χ0) is 13.7. The molecule has 2 rings (SSSR count). The summed E-state index contributed by atoms with van der Waals surface area (Å²) in [5, 5.41) is 13.1. The molecule has 1 aromatic heterocycles. The number of rotatable bonds is 5. The second-order valence-corrected chi connectivity index (χ2v) is 6.43. The minimum absolute atomic E-state index is 0.0527. The fourth-order valence-corrected chi connectivity index (χ4v) is 2.80. The Labute approximate surface area is 116 Å². The summed E-state index contributed by atoms with van der Waals surface area (Å²) in [6.07, 6.45) is 7.97. The highest BCUT2D eigenvalue weighted by Crippen LogP contribution is 2.24. The van der Waals surface area contributed by atoms with Crippen LogP contribution in [-0.2, 0) is 5.41 Å². The summed E-state index contributed by atoms with van der Waals surface area (Å²) in [6, 6.07) is 4.14. The van der Waals surface area contributed by atoms with Gasteiger partial charge >= 0.3 is 0 Å². The molecular weight excluding hydrogens is 236 g/mol. The maximum atomic E-state index is 9.50. The first-order valence-electron chi connectivity index (χ1n) is 7.37. The summed E-state index contributed by atoms with van der Waals surface area (Å²) in [4.78, 5) is 4.20. The molecule has 0 spiro atoms. The largest absolute Gasteiger partial charge is 0.393 e. The van der Waals surface area contributed by atoms with Gasteiger partial charge in [-0.05, 0) is 49.8 Å². The number of nitrogens with zero attached hydrogens (tertiary/aromatic N) is 1. The van der Waals surface area contributed by atoms with Gasteiger partial charge in [-0.25, -0.2) is 0 Å². The van der Waals surface area contributed by atoms with Gasteiger partial charge in [-0.1, -0.05) is 19.9 Å². The Morgan fingerprint density at radius 1 is 1.32 bits per heavy atom. The molecule has 0 radical (unpaired) electrons. The van der Waals surface area contributed by atoms with Crippen LogP contribution < -0.4 is 5.32 Å². The molecule has 0 aliphatic heterocycles. The van der Waals surface area contributed by atoms with E-state index in [1.165, 1.54) is 5.56 Å². The van der Waals surface area contributed by atoms with E-state index < -0.39 is 0 Å². The number of aromatic nitrogens is 1. The van der Waals surface area contributed by atoms with E-state index in [4.69, 9.17) is 0 Å². The standard InChI is InChI=1S/C16H26N2O/c1-16(2,14-4-3-9-17-11-14)12-18-10-13-5-7-15(19)8-6-13/h3-4,9,11,13,15,18-19H,5-8,10,12H2,1-2H3. The van der Waals surface area contributed by atoms with Crippen molar-refractivity contribution in [3.05, 3.63) is 30.1 Å². The van der Waals surface area contributed by atoms with Crippen LogP contribution in [0.1, 0.15) is 45.1 Å². The first-order chi connectivity index (χ1) is 9.08. The molecule has 1 aromatic rings. The summed E-state index contributed by atoms with van der Waals surface area (Å²) in [5.41, 5.74) is 1.39. The molecule has 3 nitrogen and oxygen atoms in total. The lowest BCUT2D eigenvalue weighted by atomic mass is 9.84. The fourth-order valence-electron chi connectivity index (χ4n) is 2.80. The highest BCUT2D eigenvalue weighted by molar-refractivity contribution is 5.19. The van der Waals surface area contributed by atoms with Gasteiger partial charge in [-0.3, -0.25) is 4.98 Å². The van der Waals surface area contributed by atoms with Crippen LogP contribution in [0.4, 0.5) is 0 Å². The van der Waals surface area contributed by atoms with Crippen molar-refractivity contribution in [2.75, 3.05) is 13.1 Å². The monoisotopic (exact) mass is 262 g/mol. The Morgan fingerprint density at radius 2 is 2.05 bits per heavy atom. The molecule has 1 heterocycles. The van der Waals surface area contributed by atoms with Crippen LogP contribution in [-0.4, -0.2) is 29.3 Å². The van der Waals surface area contributed by atoms with Crippen LogP contribution in [0.15, 0.2) is 24.5 Å². The van der Waals surface area contributed by atoms with E-state index in [2.05, 4.69) is 30.2 Å².